The monoisotopic (exact) mass is 431 g/mol. The van der Waals surface area contributed by atoms with E-state index in [-0.39, 0.29) is 11.8 Å². The molecule has 0 unspecified atom stereocenters. The Bertz CT molecular complexity index is 1210. The Morgan fingerprint density at radius 2 is 1.55 bits per heavy atom. The van der Waals surface area contributed by atoms with Crippen molar-refractivity contribution in [3.63, 3.8) is 0 Å². The summed E-state index contributed by atoms with van der Waals surface area (Å²) in [7, 11) is 0. The number of carbonyl (C=O) groups is 2. The molecule has 4 aromatic rings. The molecule has 156 valence electrons. The van der Waals surface area contributed by atoms with Crippen molar-refractivity contribution in [2.75, 3.05) is 26.2 Å². The minimum Gasteiger partial charge on any atom is -0.335 e. The van der Waals surface area contributed by atoms with Crippen LogP contribution in [0.3, 0.4) is 0 Å². The van der Waals surface area contributed by atoms with Gasteiger partial charge in [-0.05, 0) is 41.3 Å². The number of aromatic nitrogens is 3. The number of benzene rings is 2. The van der Waals surface area contributed by atoms with Crippen molar-refractivity contribution in [1.29, 1.82) is 0 Å². The fourth-order valence-electron chi connectivity index (χ4n) is 3.81. The molecule has 31 heavy (non-hydrogen) atoms. The molecular formula is C23H21N5O2S. The zero-order valence-corrected chi connectivity index (χ0v) is 17.7. The van der Waals surface area contributed by atoms with Crippen LogP contribution in [-0.2, 0) is 6.54 Å². The van der Waals surface area contributed by atoms with E-state index in [9.17, 15) is 9.59 Å². The summed E-state index contributed by atoms with van der Waals surface area (Å²) in [4.78, 5) is 29.8. The predicted octanol–water partition coefficient (Wildman–Crippen LogP) is 3.14. The number of hydrogen-bond donors (Lipinski definition) is 0. The van der Waals surface area contributed by atoms with Crippen LogP contribution in [0.2, 0.25) is 0 Å². The molecule has 5 rings (SSSR count). The van der Waals surface area contributed by atoms with E-state index in [2.05, 4.69) is 10.3 Å². The van der Waals surface area contributed by atoms with Crippen LogP contribution in [-0.4, -0.2) is 62.8 Å². The summed E-state index contributed by atoms with van der Waals surface area (Å²) in [6.45, 7) is 2.80. The first-order chi connectivity index (χ1) is 15.2. The van der Waals surface area contributed by atoms with Gasteiger partial charge >= 0.3 is 0 Å². The lowest BCUT2D eigenvalue weighted by molar-refractivity contribution is 0.0538. The van der Waals surface area contributed by atoms with Crippen molar-refractivity contribution in [1.82, 2.24) is 24.8 Å². The molecule has 1 aliphatic heterocycles. The van der Waals surface area contributed by atoms with E-state index in [1.54, 1.807) is 0 Å². The van der Waals surface area contributed by atoms with E-state index in [0.717, 1.165) is 21.5 Å². The molecular weight excluding hydrogens is 410 g/mol. The van der Waals surface area contributed by atoms with E-state index in [0.29, 0.717) is 38.3 Å². The molecule has 1 saturated heterocycles. The summed E-state index contributed by atoms with van der Waals surface area (Å²) < 4.78 is 1.86. The maximum Gasteiger partial charge on any atom is 0.264 e. The molecule has 2 amide bonds. The highest BCUT2D eigenvalue weighted by Crippen LogP contribution is 2.16. The van der Waals surface area contributed by atoms with Gasteiger partial charge in [0.15, 0.2) is 0 Å². The molecule has 0 radical (unpaired) electrons. The van der Waals surface area contributed by atoms with E-state index >= 15 is 0 Å². The van der Waals surface area contributed by atoms with Crippen molar-refractivity contribution in [3.05, 3.63) is 82.0 Å². The molecule has 0 saturated carbocycles. The summed E-state index contributed by atoms with van der Waals surface area (Å²) in [5, 5.41) is 10.3. The predicted molar refractivity (Wildman–Crippen MR) is 119 cm³/mol. The lowest BCUT2D eigenvalue weighted by Crippen LogP contribution is -2.50. The summed E-state index contributed by atoms with van der Waals surface area (Å²) in [5.74, 6) is 0.0491. The summed E-state index contributed by atoms with van der Waals surface area (Å²) >= 11 is 1.45. The van der Waals surface area contributed by atoms with Crippen LogP contribution in [0, 0.1) is 0 Å². The van der Waals surface area contributed by atoms with E-state index in [4.69, 9.17) is 0 Å². The number of piperazine rings is 1. The largest absolute Gasteiger partial charge is 0.335 e. The molecule has 1 aliphatic rings. The Kier molecular flexibility index (Phi) is 5.21. The normalized spacial score (nSPS) is 14.2. The molecule has 0 spiro atoms. The quantitative estimate of drug-likeness (QED) is 0.498. The number of hydrogen-bond acceptors (Lipinski definition) is 5. The van der Waals surface area contributed by atoms with Gasteiger partial charge in [0.1, 0.15) is 5.52 Å². The fraction of sp³-hybridized carbons (Fsp3) is 0.217. The van der Waals surface area contributed by atoms with Gasteiger partial charge in [-0.2, -0.15) is 0 Å². The maximum absolute atomic E-state index is 12.9. The lowest BCUT2D eigenvalue weighted by atomic mass is 10.1. The van der Waals surface area contributed by atoms with Gasteiger partial charge in [0.05, 0.1) is 16.9 Å². The molecule has 3 heterocycles. The van der Waals surface area contributed by atoms with Crippen LogP contribution in [0.25, 0.3) is 11.0 Å². The van der Waals surface area contributed by atoms with Crippen molar-refractivity contribution in [2.45, 2.75) is 6.54 Å². The van der Waals surface area contributed by atoms with Crippen LogP contribution >= 0.6 is 11.3 Å². The Balaban J connectivity index is 1.21. The van der Waals surface area contributed by atoms with Crippen LogP contribution in [0.1, 0.15) is 25.6 Å². The van der Waals surface area contributed by atoms with Crippen LogP contribution in [0.4, 0.5) is 0 Å². The highest BCUT2D eigenvalue weighted by Gasteiger charge is 2.25. The van der Waals surface area contributed by atoms with Crippen molar-refractivity contribution < 1.29 is 9.59 Å². The number of para-hydroxylation sites is 1. The zero-order valence-electron chi connectivity index (χ0n) is 16.8. The fourth-order valence-corrected chi connectivity index (χ4v) is 4.50. The van der Waals surface area contributed by atoms with Crippen LogP contribution in [0.15, 0.2) is 66.0 Å². The van der Waals surface area contributed by atoms with Gasteiger partial charge in [-0.3, -0.25) is 9.59 Å². The first-order valence-electron chi connectivity index (χ1n) is 10.2. The lowest BCUT2D eigenvalue weighted by Gasteiger charge is -2.34. The SMILES string of the molecule is O=C(c1ccc(Cn2nnc3ccccc32)cc1)N1CCN(C(=O)c2cccs2)CC1. The van der Waals surface area contributed by atoms with Gasteiger partial charge in [-0.25, -0.2) is 4.68 Å². The van der Waals surface area contributed by atoms with Gasteiger partial charge in [0.2, 0.25) is 0 Å². The van der Waals surface area contributed by atoms with Crippen molar-refractivity contribution in [3.8, 4) is 0 Å². The smallest absolute Gasteiger partial charge is 0.264 e. The second-order valence-electron chi connectivity index (χ2n) is 7.49. The molecule has 0 atom stereocenters. The first-order valence-corrected chi connectivity index (χ1v) is 11.1. The average molecular weight is 432 g/mol. The molecule has 0 bridgehead atoms. The van der Waals surface area contributed by atoms with Crippen LogP contribution in [0.5, 0.6) is 0 Å². The second kappa shape index (κ2) is 8.31. The first kappa shape index (κ1) is 19.4. The zero-order chi connectivity index (χ0) is 21.2. The molecule has 2 aromatic heterocycles. The third-order valence-electron chi connectivity index (χ3n) is 5.54. The second-order valence-corrected chi connectivity index (χ2v) is 8.44. The number of nitrogens with zero attached hydrogens (tertiary/aromatic N) is 5. The molecule has 8 heteroatoms. The number of rotatable bonds is 4. The summed E-state index contributed by atoms with van der Waals surface area (Å²) in [5.41, 5.74) is 3.56. The van der Waals surface area contributed by atoms with E-state index in [1.165, 1.54) is 11.3 Å². The average Bonchev–Trinajstić information content (AvgIpc) is 3.50. The van der Waals surface area contributed by atoms with Gasteiger partial charge in [0, 0.05) is 31.7 Å². The van der Waals surface area contributed by atoms with Crippen molar-refractivity contribution >= 4 is 34.2 Å². The topological polar surface area (TPSA) is 71.3 Å². The summed E-state index contributed by atoms with van der Waals surface area (Å²) in [6, 6.07) is 19.2. The third-order valence-corrected chi connectivity index (χ3v) is 6.40. The number of fused-ring (bicyclic) bond motifs is 1. The Morgan fingerprint density at radius 1 is 0.839 bits per heavy atom. The van der Waals surface area contributed by atoms with E-state index in [1.807, 2.05) is 80.5 Å². The molecule has 2 aromatic carbocycles. The third kappa shape index (κ3) is 3.94. The Morgan fingerprint density at radius 3 is 2.26 bits per heavy atom. The molecule has 1 fully saturated rings. The van der Waals surface area contributed by atoms with Gasteiger partial charge in [-0.1, -0.05) is 35.5 Å². The molecule has 0 N–H and O–H groups in total. The minimum atomic E-state index is 0.000906. The van der Waals surface area contributed by atoms with Crippen molar-refractivity contribution in [2.24, 2.45) is 0 Å². The van der Waals surface area contributed by atoms with Gasteiger partial charge < -0.3 is 9.80 Å². The Labute approximate surface area is 183 Å². The number of amides is 2. The minimum absolute atomic E-state index is 0.000906. The standard InChI is InChI=1S/C23H21N5O2S/c29-22(26-11-13-27(14-12-26)23(30)21-6-3-15-31-21)18-9-7-17(8-10-18)16-28-20-5-2-1-4-19(20)24-25-28/h1-10,15H,11-14,16H2. The molecule has 0 aliphatic carbocycles. The number of thiophene rings is 1. The number of carbonyl (C=O) groups excluding carboxylic acids is 2. The summed E-state index contributed by atoms with van der Waals surface area (Å²) in [6.07, 6.45) is 0. The maximum atomic E-state index is 12.9. The van der Waals surface area contributed by atoms with Gasteiger partial charge in [0.25, 0.3) is 11.8 Å². The molecule has 7 nitrogen and oxygen atoms in total. The van der Waals surface area contributed by atoms with Gasteiger partial charge in [-0.15, -0.1) is 16.4 Å². The Hall–Kier alpha value is -3.52. The highest BCUT2D eigenvalue weighted by molar-refractivity contribution is 7.12. The van der Waals surface area contributed by atoms with E-state index < -0.39 is 0 Å². The highest BCUT2D eigenvalue weighted by atomic mass is 32.1. The van der Waals surface area contributed by atoms with Crippen LogP contribution < -0.4 is 0 Å².